The highest BCUT2D eigenvalue weighted by molar-refractivity contribution is 7.09. The Balaban J connectivity index is 1.79. The summed E-state index contributed by atoms with van der Waals surface area (Å²) >= 11 is 1.68. The largest absolute Gasteiger partial charge is 0.457 e. The van der Waals surface area contributed by atoms with Crippen LogP contribution >= 0.6 is 11.3 Å². The minimum absolute atomic E-state index is 0.226. The molecule has 0 amide bonds. The van der Waals surface area contributed by atoms with E-state index in [1.165, 1.54) is 37.1 Å². The van der Waals surface area contributed by atoms with Crippen LogP contribution in [0.25, 0.3) is 0 Å². The molecular formula is C16H23NO3S. The fraction of sp³-hybridized carbons (Fsp3) is 0.625. The fourth-order valence-electron chi connectivity index (χ4n) is 2.47. The Labute approximate surface area is 130 Å². The first-order chi connectivity index (χ1) is 10.2. The van der Waals surface area contributed by atoms with Crippen molar-refractivity contribution in [3.05, 3.63) is 28.7 Å². The molecule has 0 bridgehead atoms. The lowest BCUT2D eigenvalue weighted by molar-refractivity contribution is -0.156. The molecule has 1 aromatic rings. The lowest BCUT2D eigenvalue weighted by Crippen LogP contribution is -2.23. The molecule has 1 heterocycles. The summed E-state index contributed by atoms with van der Waals surface area (Å²) in [5, 5.41) is 3.18. The molecule has 1 fully saturated rings. The molecule has 0 aliphatic heterocycles. The van der Waals surface area contributed by atoms with Gasteiger partial charge in [-0.15, -0.1) is 17.9 Å². The number of ether oxygens (including phenoxy) is 2. The average Bonchev–Trinajstić information content (AvgIpc) is 3.00. The Kier molecular flexibility index (Phi) is 6.39. The molecule has 1 unspecified atom stereocenters. The summed E-state index contributed by atoms with van der Waals surface area (Å²) in [5.74, 6) is 0.243. The van der Waals surface area contributed by atoms with Crippen molar-refractivity contribution in [1.82, 2.24) is 4.98 Å². The third-order valence-electron chi connectivity index (χ3n) is 3.68. The molecule has 0 N–H and O–H groups in total. The Morgan fingerprint density at radius 2 is 2.29 bits per heavy atom. The maximum Gasteiger partial charge on any atom is 0.335 e. The number of nitrogens with zero attached hydrogens (tertiary/aromatic N) is 1. The van der Waals surface area contributed by atoms with Gasteiger partial charge in [0.1, 0.15) is 6.61 Å². The topological polar surface area (TPSA) is 48.4 Å². The first-order valence-electron chi connectivity index (χ1n) is 7.54. The predicted molar refractivity (Wildman–Crippen MR) is 83.3 cm³/mol. The third-order valence-corrected chi connectivity index (χ3v) is 4.74. The zero-order valence-corrected chi connectivity index (χ0v) is 13.4. The fourth-order valence-corrected chi connectivity index (χ4v) is 3.44. The van der Waals surface area contributed by atoms with Crippen molar-refractivity contribution in [3.8, 4) is 0 Å². The van der Waals surface area contributed by atoms with Crippen LogP contribution in [0.2, 0.25) is 0 Å². The van der Waals surface area contributed by atoms with Crippen LogP contribution in [0.15, 0.2) is 18.0 Å². The van der Waals surface area contributed by atoms with Crippen LogP contribution in [0.5, 0.6) is 0 Å². The minimum atomic E-state index is -0.570. The molecule has 5 heteroatoms. The van der Waals surface area contributed by atoms with Gasteiger partial charge in [0.05, 0.1) is 17.3 Å². The summed E-state index contributed by atoms with van der Waals surface area (Å²) in [6.45, 7) is 5.80. The first-order valence-corrected chi connectivity index (χ1v) is 8.42. The Morgan fingerprint density at radius 3 is 3.00 bits per heavy atom. The van der Waals surface area contributed by atoms with Gasteiger partial charge >= 0.3 is 5.97 Å². The Bertz CT molecular complexity index is 466. The molecule has 2 rings (SSSR count). The second kappa shape index (κ2) is 8.29. The molecule has 4 nitrogen and oxygen atoms in total. The highest BCUT2D eigenvalue weighted by Crippen LogP contribution is 2.34. The normalized spacial score (nSPS) is 17.4. The van der Waals surface area contributed by atoms with Crippen molar-refractivity contribution in [2.75, 3.05) is 6.61 Å². The van der Waals surface area contributed by atoms with E-state index in [1.807, 2.05) is 5.38 Å². The van der Waals surface area contributed by atoms with Gasteiger partial charge in [-0.1, -0.05) is 25.3 Å². The number of hydrogen-bond donors (Lipinski definition) is 0. The smallest absolute Gasteiger partial charge is 0.335 e. The number of carbonyl (C=O) groups excluding carboxylic acids is 1. The molecule has 0 radical (unpaired) electrons. The van der Waals surface area contributed by atoms with Crippen molar-refractivity contribution in [3.63, 3.8) is 0 Å². The van der Waals surface area contributed by atoms with Gasteiger partial charge in [-0.25, -0.2) is 9.78 Å². The van der Waals surface area contributed by atoms with Crippen LogP contribution < -0.4 is 0 Å². The van der Waals surface area contributed by atoms with E-state index in [4.69, 9.17) is 9.47 Å². The molecule has 1 saturated carbocycles. The Hall–Kier alpha value is -1.20. The zero-order chi connectivity index (χ0) is 15.1. The summed E-state index contributed by atoms with van der Waals surface area (Å²) in [6.07, 6.45) is 7.45. The van der Waals surface area contributed by atoms with Gasteiger partial charge in [-0.3, -0.25) is 0 Å². The van der Waals surface area contributed by atoms with Crippen molar-refractivity contribution in [2.45, 2.75) is 57.7 Å². The summed E-state index contributed by atoms with van der Waals surface area (Å²) in [5.41, 5.74) is 0.838. The number of hydrogen-bond acceptors (Lipinski definition) is 5. The van der Waals surface area contributed by atoms with Crippen LogP contribution in [-0.4, -0.2) is 23.7 Å². The van der Waals surface area contributed by atoms with E-state index in [0.29, 0.717) is 12.5 Å². The highest BCUT2D eigenvalue weighted by atomic mass is 32.1. The van der Waals surface area contributed by atoms with Gasteiger partial charge in [0.2, 0.25) is 0 Å². The van der Waals surface area contributed by atoms with Crippen LogP contribution in [0.4, 0.5) is 0 Å². The van der Waals surface area contributed by atoms with E-state index < -0.39 is 6.10 Å². The van der Waals surface area contributed by atoms with Crippen molar-refractivity contribution < 1.29 is 14.3 Å². The molecule has 1 aromatic heterocycles. The van der Waals surface area contributed by atoms with E-state index in [1.54, 1.807) is 24.3 Å². The first kappa shape index (κ1) is 16.2. The number of carbonyl (C=O) groups is 1. The molecule has 1 aliphatic rings. The molecular weight excluding hydrogens is 286 g/mol. The summed E-state index contributed by atoms with van der Waals surface area (Å²) < 4.78 is 10.5. The predicted octanol–water partition coefficient (Wildman–Crippen LogP) is 3.83. The number of esters is 1. The van der Waals surface area contributed by atoms with E-state index >= 15 is 0 Å². The van der Waals surface area contributed by atoms with Crippen molar-refractivity contribution in [2.24, 2.45) is 0 Å². The molecule has 21 heavy (non-hydrogen) atoms. The molecule has 0 aromatic carbocycles. The van der Waals surface area contributed by atoms with Gasteiger partial charge in [-0.05, 0) is 19.8 Å². The van der Waals surface area contributed by atoms with Crippen LogP contribution in [-0.2, 0) is 20.9 Å². The van der Waals surface area contributed by atoms with Gasteiger partial charge in [0, 0.05) is 11.3 Å². The van der Waals surface area contributed by atoms with Gasteiger partial charge in [0.15, 0.2) is 6.10 Å². The summed E-state index contributed by atoms with van der Waals surface area (Å²) in [4.78, 5) is 16.3. The maximum absolute atomic E-state index is 11.7. The van der Waals surface area contributed by atoms with Crippen LogP contribution in [0.1, 0.15) is 55.6 Å². The van der Waals surface area contributed by atoms with Crippen molar-refractivity contribution in [1.29, 1.82) is 0 Å². The quantitative estimate of drug-likeness (QED) is 0.567. The maximum atomic E-state index is 11.7. The number of aromatic nitrogens is 1. The summed E-state index contributed by atoms with van der Waals surface area (Å²) in [6, 6.07) is 0. The summed E-state index contributed by atoms with van der Waals surface area (Å²) in [7, 11) is 0. The zero-order valence-electron chi connectivity index (χ0n) is 12.5. The van der Waals surface area contributed by atoms with Crippen LogP contribution in [0.3, 0.4) is 0 Å². The van der Waals surface area contributed by atoms with E-state index in [2.05, 4.69) is 11.6 Å². The highest BCUT2D eigenvalue weighted by Gasteiger charge is 2.19. The average molecular weight is 309 g/mol. The molecule has 0 saturated heterocycles. The SMILES string of the molecule is C=CCOC(C)C(=O)OCc1csc(C2CCCCC2)n1. The van der Waals surface area contributed by atoms with Gasteiger partial charge < -0.3 is 9.47 Å². The number of rotatable bonds is 7. The monoisotopic (exact) mass is 309 g/mol. The molecule has 116 valence electrons. The Morgan fingerprint density at radius 1 is 1.52 bits per heavy atom. The van der Waals surface area contributed by atoms with E-state index in [9.17, 15) is 4.79 Å². The van der Waals surface area contributed by atoms with Crippen LogP contribution in [0, 0.1) is 0 Å². The molecule has 1 atom stereocenters. The van der Waals surface area contributed by atoms with E-state index in [0.717, 1.165) is 5.69 Å². The lowest BCUT2D eigenvalue weighted by Gasteiger charge is -2.18. The number of thiazole rings is 1. The molecule has 0 spiro atoms. The minimum Gasteiger partial charge on any atom is -0.457 e. The second-order valence-corrected chi connectivity index (χ2v) is 6.27. The van der Waals surface area contributed by atoms with Gasteiger partial charge in [0.25, 0.3) is 0 Å². The van der Waals surface area contributed by atoms with Crippen molar-refractivity contribution >= 4 is 17.3 Å². The van der Waals surface area contributed by atoms with E-state index in [-0.39, 0.29) is 12.6 Å². The molecule has 1 aliphatic carbocycles. The van der Waals surface area contributed by atoms with Gasteiger partial charge in [-0.2, -0.15) is 0 Å². The standard InChI is InChI=1S/C16H23NO3S/c1-3-9-19-12(2)16(18)20-10-14-11-21-15(17-14)13-7-5-4-6-8-13/h3,11-13H,1,4-10H2,2H3. The second-order valence-electron chi connectivity index (χ2n) is 5.38. The third kappa shape index (κ3) is 4.93. The lowest BCUT2D eigenvalue weighted by atomic mass is 9.90.